The van der Waals surface area contributed by atoms with Crippen LogP contribution in [0.25, 0.3) is 0 Å². The van der Waals surface area contributed by atoms with Crippen molar-refractivity contribution in [1.82, 2.24) is 15.3 Å². The molecule has 9 heteroatoms. The van der Waals surface area contributed by atoms with E-state index in [1.54, 1.807) is 18.2 Å². The molecule has 1 aromatic carbocycles. The minimum absolute atomic E-state index is 0.243. The van der Waals surface area contributed by atoms with Gasteiger partial charge in [0.15, 0.2) is 0 Å². The summed E-state index contributed by atoms with van der Waals surface area (Å²) in [4.78, 5) is 23.0. The molecule has 27 heavy (non-hydrogen) atoms. The van der Waals surface area contributed by atoms with Gasteiger partial charge >= 0.3 is 0 Å². The van der Waals surface area contributed by atoms with Crippen molar-refractivity contribution >= 4 is 29.1 Å². The van der Waals surface area contributed by atoms with E-state index in [1.165, 1.54) is 13.4 Å². The van der Waals surface area contributed by atoms with E-state index in [0.29, 0.717) is 48.5 Å². The lowest BCUT2D eigenvalue weighted by Gasteiger charge is -2.27. The fourth-order valence-electron chi connectivity index (χ4n) is 2.73. The topological polar surface area (TPSA) is 88.6 Å². The summed E-state index contributed by atoms with van der Waals surface area (Å²) >= 11 is 5.96. The van der Waals surface area contributed by atoms with Crippen molar-refractivity contribution in [2.45, 2.75) is 0 Å². The zero-order valence-corrected chi connectivity index (χ0v) is 15.8. The van der Waals surface area contributed by atoms with Crippen LogP contribution in [0.1, 0.15) is 10.4 Å². The fraction of sp³-hybridized carbons (Fsp3) is 0.389. The van der Waals surface area contributed by atoms with E-state index in [4.69, 9.17) is 21.1 Å². The maximum Gasteiger partial charge on any atom is 0.255 e. The monoisotopic (exact) mass is 391 g/mol. The number of anilines is 2. The average Bonchev–Trinajstić information content (AvgIpc) is 2.72. The molecule has 3 rings (SSSR count). The summed E-state index contributed by atoms with van der Waals surface area (Å²) in [6, 6.07) is 6.83. The van der Waals surface area contributed by atoms with Gasteiger partial charge in [0.05, 0.1) is 25.9 Å². The Balaban J connectivity index is 1.50. The summed E-state index contributed by atoms with van der Waals surface area (Å²) in [5.74, 6) is 1.81. The van der Waals surface area contributed by atoms with Crippen LogP contribution in [0.5, 0.6) is 5.75 Å². The Hall–Kier alpha value is -2.58. The minimum atomic E-state index is -0.243. The third-order valence-electron chi connectivity index (χ3n) is 4.11. The van der Waals surface area contributed by atoms with E-state index in [1.807, 2.05) is 6.07 Å². The summed E-state index contributed by atoms with van der Waals surface area (Å²) in [5, 5.41) is 6.51. The Morgan fingerprint density at radius 3 is 2.85 bits per heavy atom. The number of carbonyl (C=O) groups is 1. The first-order valence-corrected chi connectivity index (χ1v) is 9.05. The second kappa shape index (κ2) is 9.38. The summed E-state index contributed by atoms with van der Waals surface area (Å²) < 4.78 is 10.6. The van der Waals surface area contributed by atoms with E-state index in [0.717, 1.165) is 18.9 Å². The number of hydrogen-bond acceptors (Lipinski definition) is 7. The fourth-order valence-corrected chi connectivity index (χ4v) is 2.90. The molecule has 144 valence electrons. The first-order chi connectivity index (χ1) is 13.2. The molecule has 1 aliphatic heterocycles. The largest absolute Gasteiger partial charge is 0.496 e. The van der Waals surface area contributed by atoms with Crippen LogP contribution in [0.2, 0.25) is 5.02 Å². The number of aromatic nitrogens is 2. The molecule has 1 fully saturated rings. The van der Waals surface area contributed by atoms with Crippen LogP contribution in [0, 0.1) is 0 Å². The first kappa shape index (κ1) is 19.2. The van der Waals surface area contributed by atoms with Gasteiger partial charge in [0.25, 0.3) is 5.91 Å². The molecule has 0 spiro atoms. The molecule has 2 aromatic rings. The van der Waals surface area contributed by atoms with Crippen molar-refractivity contribution in [3.63, 3.8) is 0 Å². The predicted octanol–water partition coefficient (Wildman–Crippen LogP) is 1.82. The van der Waals surface area contributed by atoms with Crippen molar-refractivity contribution in [2.75, 3.05) is 56.7 Å². The number of nitrogens with zero attached hydrogens (tertiary/aromatic N) is 3. The van der Waals surface area contributed by atoms with Gasteiger partial charge in [0.1, 0.15) is 23.7 Å². The highest BCUT2D eigenvalue weighted by Crippen LogP contribution is 2.22. The van der Waals surface area contributed by atoms with E-state index in [-0.39, 0.29) is 5.91 Å². The molecule has 1 aromatic heterocycles. The lowest BCUT2D eigenvalue weighted by molar-refractivity contribution is 0.0952. The smallest absolute Gasteiger partial charge is 0.255 e. The van der Waals surface area contributed by atoms with Gasteiger partial charge in [-0.15, -0.1) is 0 Å². The predicted molar refractivity (Wildman–Crippen MR) is 104 cm³/mol. The Labute approximate surface area is 162 Å². The van der Waals surface area contributed by atoms with Crippen molar-refractivity contribution < 1.29 is 14.3 Å². The number of nitrogens with one attached hydrogen (secondary N) is 2. The molecule has 2 heterocycles. The van der Waals surface area contributed by atoms with Gasteiger partial charge in [-0.25, -0.2) is 9.97 Å². The number of halogens is 1. The molecule has 8 nitrogen and oxygen atoms in total. The van der Waals surface area contributed by atoms with E-state index >= 15 is 0 Å². The molecule has 2 N–H and O–H groups in total. The van der Waals surface area contributed by atoms with Crippen LogP contribution in [-0.2, 0) is 4.74 Å². The second-order valence-corrected chi connectivity index (χ2v) is 6.32. The highest BCUT2D eigenvalue weighted by molar-refractivity contribution is 6.31. The van der Waals surface area contributed by atoms with Crippen LogP contribution < -0.4 is 20.3 Å². The Bertz CT molecular complexity index is 783. The Kier molecular flexibility index (Phi) is 6.67. The summed E-state index contributed by atoms with van der Waals surface area (Å²) in [6.07, 6.45) is 1.53. The number of methoxy groups -OCH3 is 1. The summed E-state index contributed by atoms with van der Waals surface area (Å²) in [7, 11) is 1.52. The molecular weight excluding hydrogens is 370 g/mol. The molecule has 0 unspecified atom stereocenters. The second-order valence-electron chi connectivity index (χ2n) is 5.89. The van der Waals surface area contributed by atoms with Crippen LogP contribution in [0.3, 0.4) is 0 Å². The molecule has 0 bridgehead atoms. The van der Waals surface area contributed by atoms with Crippen molar-refractivity contribution in [2.24, 2.45) is 0 Å². The number of benzene rings is 1. The average molecular weight is 392 g/mol. The van der Waals surface area contributed by atoms with Gasteiger partial charge < -0.3 is 25.0 Å². The lowest BCUT2D eigenvalue weighted by Crippen LogP contribution is -2.36. The third kappa shape index (κ3) is 5.21. The molecule has 0 radical (unpaired) electrons. The number of ether oxygens (including phenoxy) is 2. The Morgan fingerprint density at radius 1 is 1.26 bits per heavy atom. The van der Waals surface area contributed by atoms with Crippen LogP contribution in [0.15, 0.2) is 30.6 Å². The number of rotatable bonds is 7. The van der Waals surface area contributed by atoms with Crippen molar-refractivity contribution in [1.29, 1.82) is 0 Å². The zero-order chi connectivity index (χ0) is 19.1. The van der Waals surface area contributed by atoms with E-state index < -0.39 is 0 Å². The number of hydrogen-bond donors (Lipinski definition) is 2. The van der Waals surface area contributed by atoms with Crippen LogP contribution >= 0.6 is 11.6 Å². The SMILES string of the molecule is COc1ccc(Cl)cc1C(=O)NCCNc1cc(N2CCOCC2)ncn1. The highest BCUT2D eigenvalue weighted by Gasteiger charge is 2.14. The van der Waals surface area contributed by atoms with Crippen LogP contribution in [0.4, 0.5) is 11.6 Å². The minimum Gasteiger partial charge on any atom is -0.496 e. The third-order valence-corrected chi connectivity index (χ3v) is 4.35. The summed E-state index contributed by atoms with van der Waals surface area (Å²) in [5.41, 5.74) is 0.404. The van der Waals surface area contributed by atoms with Gasteiger partial charge in [-0.05, 0) is 18.2 Å². The first-order valence-electron chi connectivity index (χ1n) is 8.67. The quantitative estimate of drug-likeness (QED) is 0.696. The molecule has 1 aliphatic rings. The molecular formula is C18H22ClN5O3. The number of morpholine rings is 1. The number of amides is 1. The van der Waals surface area contributed by atoms with E-state index in [2.05, 4.69) is 25.5 Å². The van der Waals surface area contributed by atoms with Crippen molar-refractivity contribution in [3.05, 3.63) is 41.2 Å². The highest BCUT2D eigenvalue weighted by atomic mass is 35.5. The normalized spacial score (nSPS) is 13.9. The van der Waals surface area contributed by atoms with Gasteiger partial charge in [0, 0.05) is 37.3 Å². The zero-order valence-electron chi connectivity index (χ0n) is 15.1. The molecule has 0 aliphatic carbocycles. The molecule has 1 amide bonds. The Morgan fingerprint density at radius 2 is 2.07 bits per heavy atom. The lowest BCUT2D eigenvalue weighted by atomic mass is 10.2. The molecule has 0 atom stereocenters. The summed E-state index contributed by atoms with van der Waals surface area (Å²) in [6.45, 7) is 3.97. The maximum atomic E-state index is 12.3. The maximum absolute atomic E-state index is 12.3. The molecule has 1 saturated heterocycles. The molecule has 0 saturated carbocycles. The van der Waals surface area contributed by atoms with Gasteiger partial charge in [-0.3, -0.25) is 4.79 Å². The number of carbonyl (C=O) groups excluding carboxylic acids is 1. The standard InChI is InChI=1S/C18H22ClN5O3/c1-26-15-3-2-13(19)10-14(15)18(25)21-5-4-20-16-11-17(23-12-22-16)24-6-8-27-9-7-24/h2-3,10-12H,4-9H2,1H3,(H,21,25)(H,20,22,23). The van der Waals surface area contributed by atoms with E-state index in [9.17, 15) is 4.79 Å². The van der Waals surface area contributed by atoms with Gasteiger partial charge in [-0.1, -0.05) is 11.6 Å². The van der Waals surface area contributed by atoms with Crippen LogP contribution in [-0.4, -0.2) is 62.4 Å². The van der Waals surface area contributed by atoms with Gasteiger partial charge in [-0.2, -0.15) is 0 Å². The van der Waals surface area contributed by atoms with Gasteiger partial charge in [0.2, 0.25) is 0 Å². The van der Waals surface area contributed by atoms with Crippen molar-refractivity contribution in [3.8, 4) is 5.75 Å².